The maximum absolute atomic E-state index is 12.7. The second kappa shape index (κ2) is 9.56. The molecule has 0 fully saturated rings. The number of hydrogen-bond acceptors (Lipinski definition) is 6. The number of methoxy groups -OCH3 is 3. The van der Waals surface area contributed by atoms with Gasteiger partial charge in [-0.25, -0.2) is 4.79 Å². The van der Waals surface area contributed by atoms with E-state index in [2.05, 4.69) is 5.16 Å². The van der Waals surface area contributed by atoms with E-state index < -0.39 is 5.97 Å². The van der Waals surface area contributed by atoms with E-state index in [0.29, 0.717) is 23.0 Å². The molecule has 0 unspecified atom stereocenters. The van der Waals surface area contributed by atoms with Gasteiger partial charge >= 0.3 is 5.97 Å². The van der Waals surface area contributed by atoms with Crippen molar-refractivity contribution >= 4 is 11.7 Å². The van der Waals surface area contributed by atoms with Gasteiger partial charge < -0.3 is 19.0 Å². The second-order valence-corrected chi connectivity index (χ2v) is 6.30. The van der Waals surface area contributed by atoms with E-state index in [1.807, 2.05) is 66.3 Å². The third-order valence-electron chi connectivity index (χ3n) is 4.46. The maximum Gasteiger partial charge on any atom is 0.366 e. The van der Waals surface area contributed by atoms with E-state index in [-0.39, 0.29) is 5.56 Å². The summed E-state index contributed by atoms with van der Waals surface area (Å²) < 4.78 is 17.8. The number of nitrogens with zero attached hydrogens (tertiary/aromatic N) is 2. The number of ether oxygens (including phenoxy) is 3. The number of aryl methyl sites for hydroxylation is 1. The van der Waals surface area contributed by atoms with Crippen molar-refractivity contribution in [1.82, 2.24) is 0 Å². The third-order valence-corrected chi connectivity index (χ3v) is 4.46. The van der Waals surface area contributed by atoms with Gasteiger partial charge in [-0.1, -0.05) is 35.5 Å². The fourth-order valence-electron chi connectivity index (χ4n) is 2.95. The van der Waals surface area contributed by atoms with Gasteiger partial charge in [0.15, 0.2) is 23.4 Å². The van der Waals surface area contributed by atoms with Crippen molar-refractivity contribution in [3.8, 4) is 17.2 Å². The molecule has 1 heterocycles. The van der Waals surface area contributed by atoms with Crippen LogP contribution in [0.3, 0.4) is 0 Å². The van der Waals surface area contributed by atoms with Gasteiger partial charge in [0.1, 0.15) is 7.05 Å². The Morgan fingerprint density at radius 1 is 0.833 bits per heavy atom. The molecule has 3 aromatic rings. The quantitative estimate of drug-likeness (QED) is 0.260. The molecule has 0 aliphatic heterocycles. The van der Waals surface area contributed by atoms with Gasteiger partial charge in [0.25, 0.3) is 0 Å². The first-order valence-corrected chi connectivity index (χ1v) is 9.18. The number of rotatable bonds is 7. The molecule has 0 atom stereocenters. The molecule has 0 saturated carbocycles. The maximum atomic E-state index is 12.7. The fourth-order valence-corrected chi connectivity index (χ4v) is 2.95. The number of carbonyl (C=O) groups is 1. The van der Waals surface area contributed by atoms with Crippen molar-refractivity contribution < 1.29 is 28.4 Å². The molecule has 1 aromatic heterocycles. The molecule has 3 rings (SSSR count). The minimum absolute atomic E-state index is 0.220. The zero-order chi connectivity index (χ0) is 21.5. The van der Waals surface area contributed by atoms with Crippen molar-refractivity contribution in [3.05, 3.63) is 83.7 Å². The molecular weight excluding hydrogens is 384 g/mol. The fraction of sp³-hybridized carbons (Fsp3) is 0.174. The SMILES string of the molecule is COc1cc(C(=O)ON=C(c2ccccc2)c2cccc[n+]2C)cc(OC)c1OC. The summed E-state index contributed by atoms with van der Waals surface area (Å²) in [6.45, 7) is 0. The lowest BCUT2D eigenvalue weighted by atomic mass is 10.1. The van der Waals surface area contributed by atoms with Crippen molar-refractivity contribution in [2.75, 3.05) is 21.3 Å². The molecule has 154 valence electrons. The van der Waals surface area contributed by atoms with Crippen LogP contribution in [0.2, 0.25) is 0 Å². The van der Waals surface area contributed by atoms with Crippen LogP contribution < -0.4 is 18.8 Å². The van der Waals surface area contributed by atoms with Crippen molar-refractivity contribution in [2.45, 2.75) is 0 Å². The predicted molar refractivity (Wildman–Crippen MR) is 111 cm³/mol. The van der Waals surface area contributed by atoms with Crippen LogP contribution in [0.1, 0.15) is 21.6 Å². The molecule has 0 bridgehead atoms. The Morgan fingerprint density at radius 3 is 2.03 bits per heavy atom. The van der Waals surface area contributed by atoms with Crippen molar-refractivity contribution in [2.24, 2.45) is 12.2 Å². The molecular formula is C23H23N2O5+. The van der Waals surface area contributed by atoms with Crippen LogP contribution >= 0.6 is 0 Å². The molecule has 30 heavy (non-hydrogen) atoms. The Morgan fingerprint density at radius 2 is 1.47 bits per heavy atom. The molecule has 0 amide bonds. The summed E-state index contributed by atoms with van der Waals surface area (Å²) in [7, 11) is 6.35. The van der Waals surface area contributed by atoms with Crippen LogP contribution in [0.5, 0.6) is 17.2 Å². The molecule has 7 nitrogen and oxygen atoms in total. The van der Waals surface area contributed by atoms with E-state index in [1.54, 1.807) is 0 Å². The molecule has 0 aliphatic carbocycles. The van der Waals surface area contributed by atoms with E-state index in [4.69, 9.17) is 19.0 Å². The Kier molecular flexibility index (Phi) is 6.64. The molecule has 0 spiro atoms. The average Bonchev–Trinajstić information content (AvgIpc) is 2.79. The normalized spacial score (nSPS) is 11.0. The van der Waals surface area contributed by atoms with Gasteiger partial charge in [-0.3, -0.25) is 0 Å². The standard InChI is InChI=1S/C23H23N2O5/c1-25-13-9-8-12-18(25)21(16-10-6-5-7-11-16)24-30-23(26)17-14-19(27-2)22(29-4)20(15-17)28-3/h5-15H,1-4H3/q+1. The lowest BCUT2D eigenvalue weighted by molar-refractivity contribution is -0.672. The first kappa shape index (κ1) is 20.9. The number of hydrogen-bond donors (Lipinski definition) is 0. The Labute approximate surface area is 175 Å². The first-order chi connectivity index (χ1) is 14.6. The van der Waals surface area contributed by atoms with Crippen molar-refractivity contribution in [1.29, 1.82) is 0 Å². The smallest absolute Gasteiger partial charge is 0.366 e. The number of aromatic nitrogens is 1. The van der Waals surface area contributed by atoms with Gasteiger partial charge in [-0.2, -0.15) is 4.57 Å². The van der Waals surface area contributed by atoms with Gasteiger partial charge in [-0.15, -0.1) is 0 Å². The van der Waals surface area contributed by atoms with Crippen LogP contribution in [-0.4, -0.2) is 33.0 Å². The van der Waals surface area contributed by atoms with E-state index in [9.17, 15) is 4.79 Å². The summed E-state index contributed by atoms with van der Waals surface area (Å²) in [6, 6.07) is 18.3. The van der Waals surface area contributed by atoms with Crippen molar-refractivity contribution in [3.63, 3.8) is 0 Å². The summed E-state index contributed by atoms with van der Waals surface area (Å²) in [5.74, 6) is 0.443. The molecule has 7 heteroatoms. The number of carbonyl (C=O) groups excluding carboxylic acids is 1. The summed E-state index contributed by atoms with van der Waals surface area (Å²) in [5, 5.41) is 4.19. The second-order valence-electron chi connectivity index (χ2n) is 6.30. The summed E-state index contributed by atoms with van der Waals surface area (Å²) in [4.78, 5) is 18.1. The lowest BCUT2D eigenvalue weighted by Crippen LogP contribution is -2.36. The topological polar surface area (TPSA) is 70.2 Å². The van der Waals surface area contributed by atoms with Crippen LogP contribution in [0.4, 0.5) is 0 Å². The summed E-state index contributed by atoms with van der Waals surface area (Å²) >= 11 is 0. The summed E-state index contributed by atoms with van der Waals surface area (Å²) in [6.07, 6.45) is 1.90. The highest BCUT2D eigenvalue weighted by atomic mass is 16.7. The van der Waals surface area contributed by atoms with Gasteiger partial charge in [0.2, 0.25) is 11.4 Å². The highest BCUT2D eigenvalue weighted by Gasteiger charge is 2.21. The first-order valence-electron chi connectivity index (χ1n) is 9.18. The monoisotopic (exact) mass is 407 g/mol. The zero-order valence-corrected chi connectivity index (χ0v) is 17.3. The third kappa shape index (κ3) is 4.41. The number of oxime groups is 1. The summed E-state index contributed by atoms with van der Waals surface area (Å²) in [5.41, 5.74) is 2.36. The highest BCUT2D eigenvalue weighted by molar-refractivity contribution is 6.10. The molecule has 0 aliphatic rings. The molecule has 0 saturated heterocycles. The lowest BCUT2D eigenvalue weighted by Gasteiger charge is -2.13. The zero-order valence-electron chi connectivity index (χ0n) is 17.3. The average molecular weight is 407 g/mol. The number of benzene rings is 2. The molecule has 0 radical (unpaired) electrons. The Hall–Kier alpha value is -3.87. The minimum atomic E-state index is -0.652. The Balaban J connectivity index is 1.99. The predicted octanol–water partition coefficient (Wildman–Crippen LogP) is 3.15. The van der Waals surface area contributed by atoms with Crippen LogP contribution in [0.15, 0.2) is 72.0 Å². The van der Waals surface area contributed by atoms with Gasteiger partial charge in [0, 0.05) is 17.7 Å². The van der Waals surface area contributed by atoms with E-state index >= 15 is 0 Å². The van der Waals surface area contributed by atoms with E-state index in [1.165, 1.54) is 33.5 Å². The van der Waals surface area contributed by atoms with Crippen LogP contribution in [0.25, 0.3) is 0 Å². The van der Waals surface area contributed by atoms with Gasteiger partial charge in [-0.05, 0) is 18.2 Å². The largest absolute Gasteiger partial charge is 0.493 e. The van der Waals surface area contributed by atoms with Gasteiger partial charge in [0.05, 0.1) is 26.9 Å². The highest BCUT2D eigenvalue weighted by Crippen LogP contribution is 2.38. The Bertz CT molecular complexity index is 1040. The minimum Gasteiger partial charge on any atom is -0.493 e. The number of pyridine rings is 1. The molecule has 0 N–H and O–H groups in total. The van der Waals surface area contributed by atoms with Crippen LogP contribution in [-0.2, 0) is 11.9 Å². The molecule has 2 aromatic carbocycles. The van der Waals surface area contributed by atoms with Crippen LogP contribution in [0, 0.1) is 0 Å². The van der Waals surface area contributed by atoms with E-state index in [0.717, 1.165) is 11.3 Å².